The predicted molar refractivity (Wildman–Crippen MR) is 128 cm³/mol. The Labute approximate surface area is 233 Å². The van der Waals surface area contributed by atoms with Crippen LogP contribution in [-0.4, -0.2) is 60.0 Å². The Morgan fingerprint density at radius 3 is 1.86 bits per heavy atom. The van der Waals surface area contributed by atoms with E-state index < -0.39 is 72.3 Å². The van der Waals surface area contributed by atoms with Crippen LogP contribution in [0, 0.1) is 5.82 Å². The third-order valence-electron chi connectivity index (χ3n) is 7.04. The Kier molecular flexibility index (Phi) is 8.66. The molecule has 0 unspecified atom stereocenters. The van der Waals surface area contributed by atoms with E-state index in [1.807, 2.05) is 0 Å². The number of amides is 2. The summed E-state index contributed by atoms with van der Waals surface area (Å²) < 4.78 is 105. The molecule has 2 bridgehead atoms. The molecule has 2 aromatic rings. The van der Waals surface area contributed by atoms with Crippen molar-refractivity contribution in [3.05, 3.63) is 48.3 Å². The summed E-state index contributed by atoms with van der Waals surface area (Å²) in [5.41, 5.74) is -1.76. The molecule has 230 valence electrons. The van der Waals surface area contributed by atoms with Crippen molar-refractivity contribution in [2.75, 3.05) is 13.2 Å². The van der Waals surface area contributed by atoms with E-state index in [1.165, 1.54) is 12.1 Å². The largest absolute Gasteiger partial charge is 0.573 e. The number of hydrogen-bond donors (Lipinski definition) is 3. The number of hydrogen-bond acceptors (Lipinski definition) is 7. The summed E-state index contributed by atoms with van der Waals surface area (Å²) in [5, 5.41) is 16.4. The van der Waals surface area contributed by atoms with Gasteiger partial charge in [-0.3, -0.25) is 9.59 Å². The van der Waals surface area contributed by atoms with Gasteiger partial charge in [0, 0.05) is 11.6 Å². The van der Waals surface area contributed by atoms with Crippen LogP contribution in [0.1, 0.15) is 32.1 Å². The lowest BCUT2D eigenvalue weighted by molar-refractivity contribution is -0.276. The Morgan fingerprint density at radius 2 is 1.31 bits per heavy atom. The summed E-state index contributed by atoms with van der Waals surface area (Å²) in [6.07, 6.45) is -9.41. The zero-order chi connectivity index (χ0) is 30.8. The normalized spacial score (nSPS) is 23.6. The molecule has 0 aromatic heterocycles. The Hall–Kier alpha value is -3.95. The fraction of sp³-hybridized carbons (Fsp3) is 0.462. The predicted octanol–water partition coefficient (Wildman–Crippen LogP) is 4.13. The highest BCUT2D eigenvalue weighted by Gasteiger charge is 2.55. The van der Waals surface area contributed by atoms with Crippen LogP contribution in [0.15, 0.2) is 42.5 Å². The van der Waals surface area contributed by atoms with Gasteiger partial charge in [0.15, 0.2) is 24.8 Å². The first-order valence-electron chi connectivity index (χ1n) is 12.5. The van der Waals surface area contributed by atoms with Crippen molar-refractivity contribution in [3.8, 4) is 23.0 Å². The molecule has 0 spiro atoms. The summed E-state index contributed by atoms with van der Waals surface area (Å²) >= 11 is 0. The van der Waals surface area contributed by atoms with Crippen LogP contribution in [0.3, 0.4) is 0 Å². The number of ether oxygens (including phenoxy) is 4. The molecule has 0 aliphatic heterocycles. The molecule has 0 saturated heterocycles. The number of alkyl halides is 6. The second kappa shape index (κ2) is 11.7. The average Bonchev–Trinajstić information content (AvgIpc) is 2.88. The molecule has 3 aliphatic carbocycles. The highest BCUT2D eigenvalue weighted by Crippen LogP contribution is 2.47. The van der Waals surface area contributed by atoms with Crippen molar-refractivity contribution in [1.29, 1.82) is 0 Å². The Bertz CT molecular complexity index is 1280. The lowest BCUT2D eigenvalue weighted by Gasteiger charge is -2.56. The number of carbonyl (C=O) groups excluding carboxylic acids is 2. The monoisotopic (exact) mass is 610 g/mol. The first kappa shape index (κ1) is 31.0. The molecule has 9 nitrogen and oxygen atoms in total. The molecule has 2 amide bonds. The van der Waals surface area contributed by atoms with Gasteiger partial charge in [0.1, 0.15) is 17.2 Å². The smallest absolute Gasteiger partial charge is 0.484 e. The first-order chi connectivity index (χ1) is 19.6. The van der Waals surface area contributed by atoms with Gasteiger partial charge in [0.2, 0.25) is 0 Å². The van der Waals surface area contributed by atoms with Crippen LogP contribution in [0.5, 0.6) is 23.0 Å². The van der Waals surface area contributed by atoms with Crippen LogP contribution >= 0.6 is 0 Å². The molecule has 3 N–H and O–H groups in total. The molecule has 0 radical (unpaired) electrons. The molecule has 1 atom stereocenters. The summed E-state index contributed by atoms with van der Waals surface area (Å²) in [5.74, 6) is -4.06. The van der Waals surface area contributed by atoms with Crippen molar-refractivity contribution in [3.63, 3.8) is 0 Å². The maximum atomic E-state index is 13.9. The van der Waals surface area contributed by atoms with E-state index in [1.54, 1.807) is 0 Å². The lowest BCUT2D eigenvalue weighted by atomic mass is 9.60. The Morgan fingerprint density at radius 1 is 0.786 bits per heavy atom. The van der Waals surface area contributed by atoms with Crippen molar-refractivity contribution >= 4 is 11.8 Å². The minimum absolute atomic E-state index is 0.110. The number of carbonyl (C=O) groups is 2. The van der Waals surface area contributed by atoms with Crippen molar-refractivity contribution in [2.45, 2.75) is 62.0 Å². The first-order valence-corrected chi connectivity index (χ1v) is 12.5. The number of halogens is 7. The summed E-state index contributed by atoms with van der Waals surface area (Å²) in [6, 6.07) is 6.86. The molecule has 42 heavy (non-hydrogen) atoms. The summed E-state index contributed by atoms with van der Waals surface area (Å²) in [4.78, 5) is 25.1. The molecular formula is C26H25F7N2O7. The van der Waals surface area contributed by atoms with E-state index in [9.17, 15) is 45.4 Å². The van der Waals surface area contributed by atoms with Gasteiger partial charge in [-0.1, -0.05) is 0 Å². The number of fused-ring (bicyclic) bond motifs is 3. The minimum atomic E-state index is -5.07. The van der Waals surface area contributed by atoms with Gasteiger partial charge in [0.05, 0.1) is 11.6 Å². The van der Waals surface area contributed by atoms with Crippen molar-refractivity contribution in [1.82, 2.24) is 10.6 Å². The van der Waals surface area contributed by atoms with E-state index >= 15 is 0 Å². The average molecular weight is 610 g/mol. The molecule has 3 aliphatic rings. The number of nitrogens with one attached hydrogen (secondary N) is 2. The van der Waals surface area contributed by atoms with Gasteiger partial charge in [-0.05, 0) is 68.5 Å². The van der Waals surface area contributed by atoms with Gasteiger partial charge in [-0.15, -0.1) is 26.3 Å². The summed E-state index contributed by atoms with van der Waals surface area (Å²) in [6.45, 7) is -1.03. The van der Waals surface area contributed by atoms with Crippen molar-refractivity contribution in [2.24, 2.45) is 0 Å². The maximum Gasteiger partial charge on any atom is 0.573 e. The lowest BCUT2D eigenvalue weighted by Crippen LogP contribution is -2.70. The fourth-order valence-electron chi connectivity index (χ4n) is 5.12. The van der Waals surface area contributed by atoms with E-state index in [-0.39, 0.29) is 17.9 Å². The quantitative estimate of drug-likeness (QED) is 0.347. The molecule has 3 saturated carbocycles. The van der Waals surface area contributed by atoms with Crippen LogP contribution in [-0.2, 0) is 9.59 Å². The number of aliphatic hydroxyl groups is 1. The van der Waals surface area contributed by atoms with Crippen LogP contribution in [0.25, 0.3) is 0 Å². The van der Waals surface area contributed by atoms with Gasteiger partial charge >= 0.3 is 12.7 Å². The summed E-state index contributed by atoms with van der Waals surface area (Å²) in [7, 11) is 0. The van der Waals surface area contributed by atoms with Crippen LogP contribution < -0.4 is 29.6 Å². The number of rotatable bonds is 10. The standard InChI is InChI=1S/C26H25F7N2O7/c27-18-11-17(5-6-19(18)42-26(31,32)33)40-13-21(37)34-23-7-9-24(10-8-23,20(36)12-23)35-22(38)14-39-15-1-3-16(4-2-15)41-25(28,29)30/h1-6,11,20,36H,7-10,12-14H2,(H,34,37)(H,35,38)/t20-,23?,24?/m1/s1. The third kappa shape index (κ3) is 8.08. The molecule has 2 aromatic carbocycles. The van der Waals surface area contributed by atoms with E-state index in [2.05, 4.69) is 20.1 Å². The van der Waals surface area contributed by atoms with Gasteiger partial charge in [-0.2, -0.15) is 0 Å². The second-order valence-electron chi connectivity index (χ2n) is 9.99. The van der Waals surface area contributed by atoms with Gasteiger partial charge in [-0.25, -0.2) is 4.39 Å². The molecule has 3 fully saturated rings. The molecule has 16 heteroatoms. The number of benzene rings is 2. The SMILES string of the molecule is O=C(COc1ccc(OC(F)(F)F)c(F)c1)NC12CCC(NC(=O)COc3ccc(OC(F)(F)F)cc3)(CC1)[C@H](O)C2. The van der Waals surface area contributed by atoms with Gasteiger partial charge < -0.3 is 34.7 Å². The van der Waals surface area contributed by atoms with E-state index in [4.69, 9.17) is 9.47 Å². The highest BCUT2D eigenvalue weighted by atomic mass is 19.4. The topological polar surface area (TPSA) is 115 Å². The third-order valence-corrected chi connectivity index (χ3v) is 7.04. The van der Waals surface area contributed by atoms with Gasteiger partial charge in [0.25, 0.3) is 11.8 Å². The molecular weight excluding hydrogens is 585 g/mol. The van der Waals surface area contributed by atoms with Crippen molar-refractivity contribution < 1.29 is 64.4 Å². The minimum Gasteiger partial charge on any atom is -0.484 e. The fourth-order valence-corrected chi connectivity index (χ4v) is 5.12. The van der Waals surface area contributed by atoms with E-state index in [0.717, 1.165) is 24.3 Å². The zero-order valence-corrected chi connectivity index (χ0v) is 21.6. The molecule has 0 heterocycles. The van der Waals surface area contributed by atoms with E-state index in [0.29, 0.717) is 31.7 Å². The van der Waals surface area contributed by atoms with Crippen LogP contribution in [0.2, 0.25) is 0 Å². The zero-order valence-electron chi connectivity index (χ0n) is 21.6. The highest BCUT2D eigenvalue weighted by molar-refractivity contribution is 5.79. The molecule has 5 rings (SSSR count). The Balaban J connectivity index is 1.24. The second-order valence-corrected chi connectivity index (χ2v) is 9.99. The number of aliphatic hydroxyl groups excluding tert-OH is 1. The maximum absolute atomic E-state index is 13.9. The van der Waals surface area contributed by atoms with Crippen LogP contribution in [0.4, 0.5) is 30.7 Å².